The molecule has 0 unspecified atom stereocenters. The highest BCUT2D eigenvalue weighted by molar-refractivity contribution is 7.89. The molecule has 0 aliphatic carbocycles. The number of pyridine rings is 1. The van der Waals surface area contributed by atoms with Crippen molar-refractivity contribution in [2.45, 2.75) is 44.7 Å². The van der Waals surface area contributed by atoms with Gasteiger partial charge in [0.15, 0.2) is 0 Å². The number of imidazole rings is 1. The van der Waals surface area contributed by atoms with Crippen LogP contribution in [-0.2, 0) is 21.3 Å². The fraction of sp³-hybridized carbons (Fsp3) is 0.391. The van der Waals surface area contributed by atoms with Gasteiger partial charge in [-0.3, -0.25) is 4.98 Å². The van der Waals surface area contributed by atoms with Gasteiger partial charge < -0.3 is 9.30 Å². The Balaban J connectivity index is 1.74. The molecule has 0 saturated heterocycles. The molecule has 3 aromatic rings. The van der Waals surface area contributed by atoms with Crippen molar-refractivity contribution in [1.82, 2.24) is 19.3 Å². The summed E-state index contributed by atoms with van der Waals surface area (Å²) in [6.07, 6.45) is 5.83. The molecule has 0 spiro atoms. The van der Waals surface area contributed by atoms with E-state index in [0.717, 1.165) is 22.4 Å². The van der Waals surface area contributed by atoms with E-state index in [0.29, 0.717) is 32.1 Å². The number of hydrogen-bond acceptors (Lipinski definition) is 5. The molecule has 0 aliphatic heterocycles. The molecule has 0 aliphatic rings. The second kappa shape index (κ2) is 10.2. The van der Waals surface area contributed by atoms with Crippen LogP contribution in [0.4, 0.5) is 0 Å². The van der Waals surface area contributed by atoms with E-state index in [-0.39, 0.29) is 10.9 Å². The van der Waals surface area contributed by atoms with Crippen LogP contribution in [0, 0.1) is 12.8 Å². The van der Waals surface area contributed by atoms with Crippen molar-refractivity contribution >= 4 is 21.1 Å². The Kier molecular flexibility index (Phi) is 7.59. The highest BCUT2D eigenvalue weighted by Gasteiger charge is 2.21. The van der Waals surface area contributed by atoms with Gasteiger partial charge in [-0.1, -0.05) is 32.1 Å². The zero-order valence-electron chi connectivity index (χ0n) is 18.3. The van der Waals surface area contributed by atoms with Gasteiger partial charge in [-0.25, -0.2) is 18.1 Å². The van der Waals surface area contributed by atoms with Crippen molar-refractivity contribution < 1.29 is 13.2 Å². The van der Waals surface area contributed by atoms with Crippen LogP contribution < -0.4 is 4.72 Å². The topological polar surface area (TPSA) is 86.1 Å². The number of aryl methyl sites for hydroxylation is 1. The van der Waals surface area contributed by atoms with Crippen LogP contribution >= 0.6 is 0 Å². The number of fused-ring (bicyclic) bond motifs is 1. The third-order valence-electron chi connectivity index (χ3n) is 4.95. The Bertz CT molecular complexity index is 1120. The van der Waals surface area contributed by atoms with Crippen LogP contribution in [-0.4, -0.2) is 42.2 Å². The molecular formula is C23H30N4O3S. The minimum Gasteiger partial charge on any atom is -0.376 e. The van der Waals surface area contributed by atoms with E-state index in [1.165, 1.54) is 0 Å². The van der Waals surface area contributed by atoms with Crippen LogP contribution in [0.1, 0.15) is 31.7 Å². The Morgan fingerprint density at radius 3 is 2.65 bits per heavy atom. The van der Waals surface area contributed by atoms with E-state index in [1.54, 1.807) is 30.6 Å². The maximum absolute atomic E-state index is 12.9. The molecule has 1 N–H and O–H groups in total. The minimum absolute atomic E-state index is 0.241. The van der Waals surface area contributed by atoms with Gasteiger partial charge in [0.05, 0.1) is 29.8 Å². The summed E-state index contributed by atoms with van der Waals surface area (Å²) in [7, 11) is -3.65. The third-order valence-corrected chi connectivity index (χ3v) is 6.48. The van der Waals surface area contributed by atoms with Crippen molar-refractivity contribution in [2.75, 3.05) is 13.2 Å². The lowest BCUT2D eigenvalue weighted by atomic mass is 10.1. The number of ether oxygens (including phenoxy) is 1. The van der Waals surface area contributed by atoms with Crippen LogP contribution in [0.15, 0.2) is 60.3 Å². The Labute approximate surface area is 184 Å². The summed E-state index contributed by atoms with van der Waals surface area (Å²) in [5.41, 5.74) is 2.84. The lowest BCUT2D eigenvalue weighted by Gasteiger charge is -2.20. The van der Waals surface area contributed by atoms with Gasteiger partial charge in [0.25, 0.3) is 0 Å². The molecule has 7 nitrogen and oxygen atoms in total. The molecule has 3 rings (SSSR count). The van der Waals surface area contributed by atoms with Gasteiger partial charge in [0, 0.05) is 18.8 Å². The highest BCUT2D eigenvalue weighted by Crippen LogP contribution is 2.18. The first-order chi connectivity index (χ1) is 14.8. The first-order valence-corrected chi connectivity index (χ1v) is 11.8. The average Bonchev–Trinajstić information content (AvgIpc) is 3.03. The van der Waals surface area contributed by atoms with E-state index in [4.69, 9.17) is 4.74 Å². The van der Waals surface area contributed by atoms with Gasteiger partial charge in [-0.05, 0) is 43.0 Å². The maximum Gasteiger partial charge on any atom is 0.240 e. The molecule has 0 fully saturated rings. The summed E-state index contributed by atoms with van der Waals surface area (Å²) >= 11 is 0. The first-order valence-electron chi connectivity index (χ1n) is 10.4. The number of nitrogens with one attached hydrogen (secondary N) is 1. The summed E-state index contributed by atoms with van der Waals surface area (Å²) in [4.78, 5) is 8.88. The number of nitrogens with zero attached hydrogens (tertiary/aromatic N) is 3. The molecule has 1 aromatic carbocycles. The smallest absolute Gasteiger partial charge is 0.240 e. The zero-order valence-corrected chi connectivity index (χ0v) is 19.1. The standard InChI is InChI=1S/C23H30N4O3S/c1-5-12-30-16-20(13-17(2)3)26-31(28,29)21-8-6-19(7-9-21)15-27-18(4)25-22-14-24-11-10-23(22)27/h5-11,14,17,20,26H,1,12-13,15-16H2,2-4H3/t20-/m1/s1. The average molecular weight is 443 g/mol. The third kappa shape index (κ3) is 6.00. The maximum atomic E-state index is 12.9. The molecule has 31 heavy (non-hydrogen) atoms. The quantitative estimate of drug-likeness (QED) is 0.362. The second-order valence-electron chi connectivity index (χ2n) is 8.03. The van der Waals surface area contributed by atoms with Crippen LogP contribution in [0.3, 0.4) is 0 Å². The van der Waals surface area contributed by atoms with Gasteiger partial charge in [-0.2, -0.15) is 0 Å². The zero-order chi connectivity index (χ0) is 22.4. The minimum atomic E-state index is -3.65. The van der Waals surface area contributed by atoms with E-state index >= 15 is 0 Å². The first kappa shape index (κ1) is 23.1. The van der Waals surface area contributed by atoms with Crippen LogP contribution in [0.2, 0.25) is 0 Å². The molecule has 166 valence electrons. The van der Waals surface area contributed by atoms with Crippen LogP contribution in [0.5, 0.6) is 0 Å². The molecule has 0 bridgehead atoms. The monoisotopic (exact) mass is 442 g/mol. The van der Waals surface area contributed by atoms with Crippen molar-refractivity contribution in [3.63, 3.8) is 0 Å². The van der Waals surface area contributed by atoms with E-state index in [2.05, 4.69) is 39.7 Å². The Morgan fingerprint density at radius 2 is 1.97 bits per heavy atom. The number of aromatic nitrogens is 3. The van der Waals surface area contributed by atoms with Crippen molar-refractivity contribution in [2.24, 2.45) is 5.92 Å². The van der Waals surface area contributed by atoms with Crippen molar-refractivity contribution in [3.05, 3.63) is 66.8 Å². The number of benzene rings is 1. The molecule has 0 radical (unpaired) electrons. The summed E-state index contributed by atoms with van der Waals surface area (Å²) in [5.74, 6) is 1.23. The summed E-state index contributed by atoms with van der Waals surface area (Å²) in [5, 5.41) is 0. The van der Waals surface area contributed by atoms with Gasteiger partial charge in [-0.15, -0.1) is 6.58 Å². The fourth-order valence-corrected chi connectivity index (χ4v) is 4.79. The summed E-state index contributed by atoms with van der Waals surface area (Å²) in [6, 6.07) is 8.61. The normalized spacial score (nSPS) is 13.0. The second-order valence-corrected chi connectivity index (χ2v) is 9.74. The van der Waals surface area contributed by atoms with Crippen LogP contribution in [0.25, 0.3) is 11.0 Å². The van der Waals surface area contributed by atoms with E-state index in [1.807, 2.05) is 25.1 Å². The molecule has 8 heteroatoms. The Morgan fingerprint density at radius 1 is 1.23 bits per heavy atom. The lowest BCUT2D eigenvalue weighted by molar-refractivity contribution is 0.135. The lowest BCUT2D eigenvalue weighted by Crippen LogP contribution is -2.39. The van der Waals surface area contributed by atoms with Gasteiger partial charge >= 0.3 is 0 Å². The summed E-state index contributed by atoms with van der Waals surface area (Å²) in [6.45, 7) is 11.0. The predicted octanol–water partition coefficient (Wildman–Crippen LogP) is 3.68. The number of hydrogen-bond donors (Lipinski definition) is 1. The number of rotatable bonds is 11. The summed E-state index contributed by atoms with van der Waals surface area (Å²) < 4.78 is 36.2. The fourth-order valence-electron chi connectivity index (χ4n) is 3.56. The van der Waals surface area contributed by atoms with E-state index in [9.17, 15) is 8.42 Å². The van der Waals surface area contributed by atoms with Gasteiger partial charge in [0.2, 0.25) is 10.0 Å². The molecule has 0 amide bonds. The Hall–Kier alpha value is -2.55. The molecule has 2 heterocycles. The number of sulfonamides is 1. The predicted molar refractivity (Wildman–Crippen MR) is 122 cm³/mol. The molecule has 0 saturated carbocycles. The largest absolute Gasteiger partial charge is 0.376 e. The SMILES string of the molecule is C=CCOC[C@@H](CC(C)C)NS(=O)(=O)c1ccc(Cn2c(C)nc3cnccc32)cc1. The van der Waals surface area contributed by atoms with Gasteiger partial charge in [0.1, 0.15) is 11.3 Å². The van der Waals surface area contributed by atoms with E-state index < -0.39 is 10.0 Å². The highest BCUT2D eigenvalue weighted by atomic mass is 32.2. The van der Waals surface area contributed by atoms with Crippen molar-refractivity contribution in [3.8, 4) is 0 Å². The molecule has 1 atom stereocenters. The molecule has 2 aromatic heterocycles. The van der Waals surface area contributed by atoms with Crippen molar-refractivity contribution in [1.29, 1.82) is 0 Å². The molecular weight excluding hydrogens is 412 g/mol.